The second-order valence-corrected chi connectivity index (χ2v) is 9.56. The van der Waals surface area contributed by atoms with E-state index in [0.717, 1.165) is 30.7 Å². The number of imidazole rings is 1. The number of rotatable bonds is 9. The normalized spacial score (nSPS) is 11.4. The molecule has 1 heterocycles. The highest BCUT2D eigenvalue weighted by molar-refractivity contribution is 6.10. The van der Waals surface area contributed by atoms with Crippen LogP contribution in [0.4, 0.5) is 23.9 Å². The van der Waals surface area contributed by atoms with Gasteiger partial charge in [-0.1, -0.05) is 60.7 Å². The predicted octanol–water partition coefficient (Wildman–Crippen LogP) is 7.83. The van der Waals surface area contributed by atoms with Gasteiger partial charge in [0.2, 0.25) is 5.95 Å². The van der Waals surface area contributed by atoms with Crippen molar-refractivity contribution in [2.75, 3.05) is 26.0 Å². The number of nitrogens with zero attached hydrogens (tertiary/aromatic N) is 1. The number of benzene rings is 4. The molecule has 1 atom stereocenters. The number of ketones is 1. The summed E-state index contributed by atoms with van der Waals surface area (Å²) in [4.78, 5) is 30.7. The average Bonchev–Trinajstić information content (AvgIpc) is 3.45. The highest BCUT2D eigenvalue weighted by atomic mass is 35.5. The first-order valence-corrected chi connectivity index (χ1v) is 13.7. The number of alkyl halides is 3. The summed E-state index contributed by atoms with van der Waals surface area (Å²) in [5.74, 6) is 0.628. The molecule has 0 spiro atoms. The molecule has 3 N–H and O–H groups in total. The number of H-pyrrole nitrogens is 1. The SMILES string of the molecule is CNCCC(Oc1ccc(C(F)(F)F)cc1)c1ccccc1.COC(=O)Nc1nc2ccc(C(=O)c3ccccc3)cc2[nH]1.Cl. The van der Waals surface area contributed by atoms with E-state index in [1.165, 1.54) is 19.2 Å². The molecule has 0 aliphatic carbocycles. The quantitative estimate of drug-likeness (QED) is 0.142. The van der Waals surface area contributed by atoms with Crippen molar-refractivity contribution >= 4 is 41.3 Å². The number of ether oxygens (including phenoxy) is 2. The maximum atomic E-state index is 12.6. The van der Waals surface area contributed by atoms with E-state index in [4.69, 9.17) is 4.74 Å². The molecule has 1 unspecified atom stereocenters. The standard InChI is InChI=1S/C17H18F3NO.C16H13N3O3.ClH/c1-21-12-11-16(13-5-3-2-4-6-13)22-15-9-7-14(8-10-15)17(18,19)20;1-22-16(21)19-15-17-12-8-7-11(9-13(12)18-15)14(20)10-5-3-2-4-6-10;/h2-10,16,21H,11-12H2,1H3;2-9H,1H3,(H2,17,18,19,21);1H. The average molecular weight is 641 g/mol. The largest absolute Gasteiger partial charge is 0.486 e. The van der Waals surface area contributed by atoms with Crippen molar-refractivity contribution in [3.8, 4) is 5.75 Å². The Hall–Kier alpha value is -4.87. The number of halogens is 4. The molecule has 0 saturated carbocycles. The van der Waals surface area contributed by atoms with Crippen LogP contribution in [0, 0.1) is 0 Å². The number of amides is 1. The number of hydrogen-bond donors (Lipinski definition) is 3. The minimum Gasteiger partial charge on any atom is -0.486 e. The summed E-state index contributed by atoms with van der Waals surface area (Å²) < 4.78 is 48.1. The molecule has 0 aliphatic heterocycles. The van der Waals surface area contributed by atoms with Crippen molar-refractivity contribution in [1.29, 1.82) is 0 Å². The molecular formula is C33H32ClF3N4O4. The van der Waals surface area contributed by atoms with Crippen molar-refractivity contribution in [3.63, 3.8) is 0 Å². The number of carbonyl (C=O) groups excluding carboxylic acids is 2. The van der Waals surface area contributed by atoms with Gasteiger partial charge in [-0.15, -0.1) is 12.4 Å². The van der Waals surface area contributed by atoms with Crippen LogP contribution < -0.4 is 15.4 Å². The van der Waals surface area contributed by atoms with Gasteiger partial charge in [0.05, 0.1) is 23.7 Å². The minimum absolute atomic E-state index is 0. The van der Waals surface area contributed by atoms with E-state index in [-0.39, 0.29) is 30.2 Å². The third kappa shape index (κ3) is 9.82. The molecule has 1 amide bonds. The molecule has 45 heavy (non-hydrogen) atoms. The molecule has 12 heteroatoms. The second-order valence-electron chi connectivity index (χ2n) is 9.56. The fourth-order valence-corrected chi connectivity index (χ4v) is 4.24. The van der Waals surface area contributed by atoms with Crippen LogP contribution in [-0.4, -0.2) is 42.5 Å². The van der Waals surface area contributed by atoms with E-state index < -0.39 is 17.8 Å². The molecule has 0 fully saturated rings. The zero-order valence-electron chi connectivity index (χ0n) is 24.4. The van der Waals surface area contributed by atoms with Crippen LogP contribution in [0.15, 0.2) is 103 Å². The van der Waals surface area contributed by atoms with Gasteiger partial charge in [0.25, 0.3) is 0 Å². The maximum absolute atomic E-state index is 12.6. The van der Waals surface area contributed by atoms with Crippen LogP contribution in [0.3, 0.4) is 0 Å². The number of fused-ring (bicyclic) bond motifs is 1. The lowest BCUT2D eigenvalue weighted by Crippen LogP contribution is -2.16. The zero-order valence-corrected chi connectivity index (χ0v) is 25.2. The van der Waals surface area contributed by atoms with Gasteiger partial charge in [0.1, 0.15) is 11.9 Å². The molecule has 4 aromatic carbocycles. The second kappa shape index (κ2) is 16.3. The smallest absolute Gasteiger partial charge is 0.416 e. The molecule has 1 aromatic heterocycles. The maximum Gasteiger partial charge on any atom is 0.416 e. The van der Waals surface area contributed by atoms with Crippen molar-refractivity contribution in [1.82, 2.24) is 15.3 Å². The van der Waals surface area contributed by atoms with Crippen LogP contribution in [0.5, 0.6) is 5.75 Å². The van der Waals surface area contributed by atoms with Gasteiger partial charge < -0.3 is 19.8 Å². The van der Waals surface area contributed by atoms with E-state index in [9.17, 15) is 22.8 Å². The number of hydrogen-bond acceptors (Lipinski definition) is 6. The molecule has 236 valence electrons. The Morgan fingerprint density at radius 3 is 2.13 bits per heavy atom. The lowest BCUT2D eigenvalue weighted by Gasteiger charge is -2.20. The summed E-state index contributed by atoms with van der Waals surface area (Å²) in [5, 5.41) is 5.50. The van der Waals surface area contributed by atoms with Crippen molar-refractivity contribution in [3.05, 3.63) is 125 Å². The molecule has 0 radical (unpaired) electrons. The Bertz CT molecular complexity index is 1670. The summed E-state index contributed by atoms with van der Waals surface area (Å²) >= 11 is 0. The van der Waals surface area contributed by atoms with E-state index in [1.807, 2.05) is 55.6 Å². The van der Waals surface area contributed by atoms with E-state index >= 15 is 0 Å². The Balaban J connectivity index is 0.000000240. The summed E-state index contributed by atoms with van der Waals surface area (Å²) in [6, 6.07) is 28.6. The molecule has 0 bridgehead atoms. The fourth-order valence-electron chi connectivity index (χ4n) is 4.24. The predicted molar refractivity (Wildman–Crippen MR) is 169 cm³/mol. The van der Waals surface area contributed by atoms with Crippen LogP contribution >= 0.6 is 12.4 Å². The van der Waals surface area contributed by atoms with E-state index in [0.29, 0.717) is 27.9 Å². The first kappa shape index (κ1) is 34.6. The van der Waals surface area contributed by atoms with E-state index in [2.05, 4.69) is 25.3 Å². The van der Waals surface area contributed by atoms with Gasteiger partial charge in [0, 0.05) is 17.5 Å². The Morgan fingerprint density at radius 1 is 0.889 bits per heavy atom. The highest BCUT2D eigenvalue weighted by Gasteiger charge is 2.30. The Kier molecular flexibility index (Phi) is 12.5. The summed E-state index contributed by atoms with van der Waals surface area (Å²) in [7, 11) is 3.12. The van der Waals surface area contributed by atoms with Gasteiger partial charge in [0.15, 0.2) is 5.78 Å². The van der Waals surface area contributed by atoms with Gasteiger partial charge in [-0.3, -0.25) is 10.1 Å². The van der Waals surface area contributed by atoms with Gasteiger partial charge in [-0.25, -0.2) is 9.78 Å². The first-order valence-electron chi connectivity index (χ1n) is 13.7. The number of aromatic amines is 1. The number of methoxy groups -OCH3 is 1. The third-order valence-electron chi connectivity index (χ3n) is 6.47. The zero-order chi connectivity index (χ0) is 31.5. The van der Waals surface area contributed by atoms with Gasteiger partial charge in [-0.05, 0) is 61.6 Å². The van der Waals surface area contributed by atoms with Crippen molar-refractivity contribution in [2.24, 2.45) is 0 Å². The van der Waals surface area contributed by atoms with Crippen LogP contribution in [0.2, 0.25) is 0 Å². The van der Waals surface area contributed by atoms with Crippen LogP contribution in [-0.2, 0) is 10.9 Å². The van der Waals surface area contributed by atoms with Crippen molar-refractivity contribution in [2.45, 2.75) is 18.7 Å². The van der Waals surface area contributed by atoms with Gasteiger partial charge >= 0.3 is 12.3 Å². The summed E-state index contributed by atoms with van der Waals surface area (Å²) in [6.07, 6.45) is -4.42. The monoisotopic (exact) mass is 640 g/mol. The molecule has 5 aromatic rings. The summed E-state index contributed by atoms with van der Waals surface area (Å²) in [5.41, 5.74) is 2.80. The third-order valence-corrected chi connectivity index (χ3v) is 6.47. The number of nitrogens with one attached hydrogen (secondary N) is 3. The Morgan fingerprint density at radius 2 is 1.53 bits per heavy atom. The molecule has 8 nitrogen and oxygen atoms in total. The minimum atomic E-state index is -4.33. The molecular weight excluding hydrogens is 609 g/mol. The highest BCUT2D eigenvalue weighted by Crippen LogP contribution is 2.32. The van der Waals surface area contributed by atoms with Crippen LogP contribution in [0.25, 0.3) is 11.0 Å². The topological polar surface area (TPSA) is 105 Å². The lowest BCUT2D eigenvalue weighted by molar-refractivity contribution is -0.137. The lowest BCUT2D eigenvalue weighted by atomic mass is 10.0. The Labute approximate surface area is 264 Å². The van der Waals surface area contributed by atoms with Gasteiger partial charge in [-0.2, -0.15) is 13.2 Å². The number of carbonyl (C=O) groups is 2. The van der Waals surface area contributed by atoms with Crippen molar-refractivity contribution < 1.29 is 32.2 Å². The first-order chi connectivity index (χ1) is 21.2. The molecule has 0 saturated heterocycles. The molecule has 0 aliphatic rings. The number of aromatic nitrogens is 2. The molecule has 5 rings (SSSR count). The number of anilines is 1. The van der Waals surface area contributed by atoms with Crippen LogP contribution in [0.1, 0.15) is 39.6 Å². The summed E-state index contributed by atoms with van der Waals surface area (Å²) in [6.45, 7) is 0.750. The van der Waals surface area contributed by atoms with E-state index in [1.54, 1.807) is 30.3 Å². The fraction of sp³-hybridized carbons (Fsp3) is 0.182.